The normalized spacial score (nSPS) is 21.9. The van der Waals surface area contributed by atoms with Gasteiger partial charge in [-0.2, -0.15) is 13.2 Å². The standard InChI is InChI=1S/C22H24F3NO2S/c1-3-16(27)12-21(13-22(23,24)25)14-29-19-11-17(28-2)9-10-18(19)20(26-21)15-7-5-4-6-8-15/h4-11,20,26H,3,12-14H2,1-2H3/t20-,21+/m0/s1. The predicted molar refractivity (Wildman–Crippen MR) is 108 cm³/mol. The Balaban J connectivity index is 2.10. The molecule has 1 aliphatic heterocycles. The van der Waals surface area contributed by atoms with E-state index in [0.717, 1.165) is 16.0 Å². The van der Waals surface area contributed by atoms with Crippen molar-refractivity contribution in [3.63, 3.8) is 0 Å². The van der Waals surface area contributed by atoms with Crippen LogP contribution >= 0.6 is 11.8 Å². The summed E-state index contributed by atoms with van der Waals surface area (Å²) in [5.74, 6) is 0.607. The van der Waals surface area contributed by atoms with Crippen LogP contribution in [0.4, 0.5) is 13.2 Å². The molecule has 0 saturated carbocycles. The molecule has 1 heterocycles. The van der Waals surface area contributed by atoms with Crippen LogP contribution in [0.1, 0.15) is 43.4 Å². The minimum atomic E-state index is -4.39. The molecule has 2 aromatic carbocycles. The first-order chi connectivity index (χ1) is 13.8. The lowest BCUT2D eigenvalue weighted by Crippen LogP contribution is -2.52. The first kappa shape index (κ1) is 21.7. The number of fused-ring (bicyclic) bond motifs is 1. The molecule has 1 N–H and O–H groups in total. The summed E-state index contributed by atoms with van der Waals surface area (Å²) in [6.45, 7) is 1.68. The van der Waals surface area contributed by atoms with E-state index >= 15 is 0 Å². The second-order valence-electron chi connectivity index (χ2n) is 7.32. The minimum Gasteiger partial charge on any atom is -0.497 e. The molecule has 0 amide bonds. The number of alkyl halides is 3. The molecule has 0 radical (unpaired) electrons. The van der Waals surface area contributed by atoms with Gasteiger partial charge in [0.2, 0.25) is 0 Å². The van der Waals surface area contributed by atoms with Gasteiger partial charge in [-0.25, -0.2) is 0 Å². The molecule has 0 bridgehead atoms. The van der Waals surface area contributed by atoms with Gasteiger partial charge in [-0.05, 0) is 23.3 Å². The van der Waals surface area contributed by atoms with Crippen molar-refractivity contribution in [3.05, 3.63) is 59.7 Å². The average molecular weight is 424 g/mol. The highest BCUT2D eigenvalue weighted by molar-refractivity contribution is 7.99. The van der Waals surface area contributed by atoms with E-state index in [-0.39, 0.29) is 24.4 Å². The molecule has 29 heavy (non-hydrogen) atoms. The van der Waals surface area contributed by atoms with Crippen molar-refractivity contribution in [1.29, 1.82) is 0 Å². The first-order valence-corrected chi connectivity index (χ1v) is 10.5. The Hall–Kier alpha value is -1.99. The highest BCUT2D eigenvalue weighted by Gasteiger charge is 2.46. The number of nitrogens with one attached hydrogen (secondary N) is 1. The van der Waals surface area contributed by atoms with E-state index in [0.29, 0.717) is 5.75 Å². The number of carbonyl (C=O) groups is 1. The van der Waals surface area contributed by atoms with Crippen molar-refractivity contribution in [2.24, 2.45) is 0 Å². The summed E-state index contributed by atoms with van der Waals surface area (Å²) in [7, 11) is 1.56. The van der Waals surface area contributed by atoms with E-state index in [2.05, 4.69) is 5.32 Å². The van der Waals surface area contributed by atoms with Crippen molar-refractivity contribution >= 4 is 17.5 Å². The fraction of sp³-hybridized carbons (Fsp3) is 0.409. The molecule has 2 atom stereocenters. The Morgan fingerprint density at radius 1 is 1.24 bits per heavy atom. The molecular weight excluding hydrogens is 399 g/mol. The molecule has 0 fully saturated rings. The molecule has 2 aromatic rings. The maximum atomic E-state index is 13.6. The summed E-state index contributed by atoms with van der Waals surface area (Å²) < 4.78 is 46.0. The fourth-order valence-electron chi connectivity index (χ4n) is 3.71. The Bertz CT molecular complexity index is 857. The molecule has 3 rings (SSSR count). The second-order valence-corrected chi connectivity index (χ2v) is 8.34. The van der Waals surface area contributed by atoms with E-state index in [1.165, 1.54) is 11.8 Å². The summed E-state index contributed by atoms with van der Waals surface area (Å²) in [5, 5.41) is 3.26. The largest absolute Gasteiger partial charge is 0.497 e. The van der Waals surface area contributed by atoms with E-state index in [4.69, 9.17) is 4.74 Å². The zero-order valence-electron chi connectivity index (χ0n) is 16.4. The quantitative estimate of drug-likeness (QED) is 0.662. The van der Waals surface area contributed by atoms with Crippen LogP contribution in [0.5, 0.6) is 5.75 Å². The monoisotopic (exact) mass is 423 g/mol. The Kier molecular flexibility index (Phi) is 6.58. The van der Waals surface area contributed by atoms with Crippen LogP contribution in [-0.4, -0.2) is 30.4 Å². The van der Waals surface area contributed by atoms with Gasteiger partial charge in [-0.3, -0.25) is 10.1 Å². The summed E-state index contributed by atoms with van der Waals surface area (Å²) in [6, 6.07) is 14.5. The van der Waals surface area contributed by atoms with Crippen LogP contribution in [0.2, 0.25) is 0 Å². The van der Waals surface area contributed by atoms with Crippen molar-refractivity contribution in [1.82, 2.24) is 5.32 Å². The number of hydrogen-bond acceptors (Lipinski definition) is 4. The van der Waals surface area contributed by atoms with Gasteiger partial charge in [-0.1, -0.05) is 43.3 Å². The van der Waals surface area contributed by atoms with E-state index in [1.54, 1.807) is 14.0 Å². The molecule has 3 nitrogen and oxygen atoms in total. The number of hydrogen-bond donors (Lipinski definition) is 1. The summed E-state index contributed by atoms with van der Waals surface area (Å²) >= 11 is 1.34. The van der Waals surface area contributed by atoms with Crippen LogP contribution in [-0.2, 0) is 4.79 Å². The average Bonchev–Trinajstić information content (AvgIpc) is 2.84. The maximum Gasteiger partial charge on any atom is 0.390 e. The topological polar surface area (TPSA) is 38.3 Å². The zero-order chi connectivity index (χ0) is 21.1. The van der Waals surface area contributed by atoms with Crippen LogP contribution < -0.4 is 10.1 Å². The first-order valence-electron chi connectivity index (χ1n) is 9.47. The predicted octanol–water partition coefficient (Wildman–Crippen LogP) is 5.54. The number of benzene rings is 2. The van der Waals surface area contributed by atoms with E-state index in [9.17, 15) is 18.0 Å². The number of thioether (sulfide) groups is 1. The summed E-state index contributed by atoms with van der Waals surface area (Å²) in [6.07, 6.45) is -5.41. The van der Waals surface area contributed by atoms with Crippen molar-refractivity contribution < 1.29 is 22.7 Å². The summed E-state index contributed by atoms with van der Waals surface area (Å²) in [5.41, 5.74) is 0.356. The Labute approximate surface area is 173 Å². The Morgan fingerprint density at radius 2 is 1.97 bits per heavy atom. The highest BCUT2D eigenvalue weighted by atomic mass is 32.2. The molecular formula is C22H24F3NO2S. The van der Waals surface area contributed by atoms with Gasteiger partial charge in [0, 0.05) is 29.0 Å². The van der Waals surface area contributed by atoms with Gasteiger partial charge in [0.1, 0.15) is 11.5 Å². The third-order valence-corrected chi connectivity index (χ3v) is 6.45. The van der Waals surface area contributed by atoms with Gasteiger partial charge >= 0.3 is 6.18 Å². The number of rotatable bonds is 6. The van der Waals surface area contributed by atoms with Gasteiger partial charge in [-0.15, -0.1) is 11.8 Å². The van der Waals surface area contributed by atoms with Crippen LogP contribution in [0.15, 0.2) is 53.4 Å². The second kappa shape index (κ2) is 8.79. The number of ketones is 1. The van der Waals surface area contributed by atoms with Crippen LogP contribution in [0, 0.1) is 0 Å². The number of Topliss-reactive ketones (excluding diaryl/α,β-unsaturated/α-hetero) is 1. The lowest BCUT2D eigenvalue weighted by molar-refractivity contribution is -0.151. The Morgan fingerprint density at radius 3 is 2.59 bits per heavy atom. The minimum absolute atomic E-state index is 0.141. The summed E-state index contributed by atoms with van der Waals surface area (Å²) in [4.78, 5) is 13.1. The lowest BCUT2D eigenvalue weighted by Gasteiger charge is -2.37. The lowest BCUT2D eigenvalue weighted by atomic mass is 9.86. The van der Waals surface area contributed by atoms with Crippen molar-refractivity contribution in [3.8, 4) is 5.75 Å². The maximum absolute atomic E-state index is 13.6. The molecule has 0 spiro atoms. The third-order valence-electron chi connectivity index (χ3n) is 5.09. The van der Waals surface area contributed by atoms with Gasteiger partial charge in [0.15, 0.2) is 0 Å². The molecule has 1 aliphatic rings. The number of methoxy groups -OCH3 is 1. The van der Waals surface area contributed by atoms with E-state index < -0.39 is 24.2 Å². The molecule has 156 valence electrons. The molecule has 0 saturated heterocycles. The van der Waals surface area contributed by atoms with Gasteiger partial charge in [0.05, 0.1) is 19.6 Å². The van der Waals surface area contributed by atoms with Crippen LogP contribution in [0.25, 0.3) is 0 Å². The number of halogens is 3. The number of carbonyl (C=O) groups excluding carboxylic acids is 1. The zero-order valence-corrected chi connectivity index (χ0v) is 17.2. The fourth-order valence-corrected chi connectivity index (χ4v) is 4.98. The molecule has 7 heteroatoms. The number of ether oxygens (including phenoxy) is 1. The van der Waals surface area contributed by atoms with Crippen LogP contribution in [0.3, 0.4) is 0 Å². The SMILES string of the molecule is CCC(=O)C[C@@]1(CC(F)(F)F)CSc2cc(OC)ccc2[C@H](c2ccccc2)N1. The van der Waals surface area contributed by atoms with Crippen molar-refractivity contribution in [2.75, 3.05) is 12.9 Å². The third kappa shape index (κ3) is 5.34. The van der Waals surface area contributed by atoms with Gasteiger partial charge < -0.3 is 4.74 Å². The van der Waals surface area contributed by atoms with Crippen molar-refractivity contribution in [2.45, 2.75) is 48.8 Å². The molecule has 0 aromatic heterocycles. The smallest absolute Gasteiger partial charge is 0.390 e. The molecule has 0 unspecified atom stereocenters. The molecule has 0 aliphatic carbocycles. The highest BCUT2D eigenvalue weighted by Crippen LogP contribution is 2.44. The van der Waals surface area contributed by atoms with Gasteiger partial charge in [0.25, 0.3) is 0 Å². The van der Waals surface area contributed by atoms with E-state index in [1.807, 2.05) is 48.5 Å².